The van der Waals surface area contributed by atoms with Gasteiger partial charge in [-0.05, 0) is 36.1 Å². The van der Waals surface area contributed by atoms with Crippen LogP contribution in [0.5, 0.6) is 11.5 Å². The molecule has 1 saturated heterocycles. The molecule has 1 aliphatic carbocycles. The molecule has 0 radical (unpaired) electrons. The van der Waals surface area contributed by atoms with Gasteiger partial charge in [-0.1, -0.05) is 29.8 Å². The van der Waals surface area contributed by atoms with Gasteiger partial charge in [0.1, 0.15) is 11.5 Å². The standard InChI is InChI=1S/C23H25ClN2O4/c1-29-15-7-8-17(21(13-15)30-2)22(27)25-9-11-26(12-10-25)23(28)19-14-18(19)16-5-3-4-6-20(16)24/h3-8,13,18-19H,9-12,14H2,1-2H3. The van der Waals surface area contributed by atoms with Crippen LogP contribution in [0.15, 0.2) is 42.5 Å². The number of amides is 2. The minimum absolute atomic E-state index is 0.00571. The lowest BCUT2D eigenvalue weighted by Gasteiger charge is -2.35. The number of rotatable bonds is 5. The van der Waals surface area contributed by atoms with Crippen LogP contribution in [0.1, 0.15) is 28.3 Å². The van der Waals surface area contributed by atoms with Crippen LogP contribution in [0.4, 0.5) is 0 Å². The second kappa shape index (κ2) is 8.56. The number of piperazine rings is 1. The van der Waals surface area contributed by atoms with Gasteiger partial charge in [-0.2, -0.15) is 0 Å². The Hall–Kier alpha value is -2.73. The summed E-state index contributed by atoms with van der Waals surface area (Å²) in [5, 5.41) is 0.724. The van der Waals surface area contributed by atoms with Gasteiger partial charge < -0.3 is 19.3 Å². The van der Waals surface area contributed by atoms with Gasteiger partial charge in [0.2, 0.25) is 5.91 Å². The second-order valence-corrected chi connectivity index (χ2v) is 8.06. The van der Waals surface area contributed by atoms with E-state index in [1.807, 2.05) is 29.2 Å². The van der Waals surface area contributed by atoms with E-state index < -0.39 is 0 Å². The molecule has 2 aromatic rings. The maximum atomic E-state index is 13.0. The molecule has 1 aliphatic heterocycles. The maximum absolute atomic E-state index is 13.0. The highest BCUT2D eigenvalue weighted by molar-refractivity contribution is 6.31. The van der Waals surface area contributed by atoms with Gasteiger partial charge in [0, 0.05) is 43.2 Å². The first-order valence-electron chi connectivity index (χ1n) is 10.1. The SMILES string of the molecule is COc1ccc(C(=O)N2CCN(C(=O)C3CC3c3ccccc3Cl)CC2)c(OC)c1. The Balaban J connectivity index is 1.36. The third kappa shape index (κ3) is 3.97. The van der Waals surface area contributed by atoms with E-state index in [0.717, 1.165) is 17.0 Å². The van der Waals surface area contributed by atoms with Crippen LogP contribution >= 0.6 is 11.6 Å². The van der Waals surface area contributed by atoms with E-state index in [9.17, 15) is 9.59 Å². The summed E-state index contributed by atoms with van der Waals surface area (Å²) in [6.07, 6.45) is 0.838. The van der Waals surface area contributed by atoms with Crippen molar-refractivity contribution in [3.8, 4) is 11.5 Å². The molecule has 2 unspecified atom stereocenters. The van der Waals surface area contributed by atoms with E-state index >= 15 is 0 Å². The van der Waals surface area contributed by atoms with E-state index in [2.05, 4.69) is 0 Å². The normalized spacial score (nSPS) is 20.6. The Morgan fingerprint density at radius 1 is 0.967 bits per heavy atom. The van der Waals surface area contributed by atoms with E-state index in [1.54, 1.807) is 30.2 Å². The van der Waals surface area contributed by atoms with Gasteiger partial charge in [-0.15, -0.1) is 0 Å². The number of halogens is 1. The lowest BCUT2D eigenvalue weighted by atomic mass is 10.1. The molecule has 0 N–H and O–H groups in total. The Kier molecular flexibility index (Phi) is 5.86. The number of ether oxygens (including phenoxy) is 2. The summed E-state index contributed by atoms with van der Waals surface area (Å²) in [6.45, 7) is 2.08. The van der Waals surface area contributed by atoms with E-state index in [1.165, 1.54) is 7.11 Å². The van der Waals surface area contributed by atoms with Crippen molar-refractivity contribution in [2.24, 2.45) is 5.92 Å². The summed E-state index contributed by atoms with van der Waals surface area (Å²) >= 11 is 6.28. The average Bonchev–Trinajstić information content (AvgIpc) is 3.58. The van der Waals surface area contributed by atoms with Crippen LogP contribution < -0.4 is 9.47 Å². The number of hydrogen-bond donors (Lipinski definition) is 0. The molecule has 1 heterocycles. The predicted octanol–water partition coefficient (Wildman–Crippen LogP) is 3.45. The Bertz CT molecular complexity index is 956. The molecule has 2 atom stereocenters. The zero-order valence-electron chi connectivity index (χ0n) is 17.1. The third-order valence-corrected chi connectivity index (χ3v) is 6.27. The molecule has 158 valence electrons. The van der Waals surface area contributed by atoms with Gasteiger partial charge in [0.25, 0.3) is 5.91 Å². The topological polar surface area (TPSA) is 59.1 Å². The van der Waals surface area contributed by atoms with Crippen molar-refractivity contribution in [3.05, 3.63) is 58.6 Å². The number of carbonyl (C=O) groups excluding carboxylic acids is 2. The Morgan fingerprint density at radius 3 is 2.33 bits per heavy atom. The molecule has 0 bridgehead atoms. The fraction of sp³-hybridized carbons (Fsp3) is 0.391. The van der Waals surface area contributed by atoms with Crippen molar-refractivity contribution in [2.75, 3.05) is 40.4 Å². The summed E-state index contributed by atoms with van der Waals surface area (Å²) in [5.41, 5.74) is 1.55. The Labute approximate surface area is 181 Å². The average molecular weight is 429 g/mol. The predicted molar refractivity (Wildman–Crippen MR) is 114 cm³/mol. The maximum Gasteiger partial charge on any atom is 0.257 e. The number of hydrogen-bond acceptors (Lipinski definition) is 4. The first-order valence-corrected chi connectivity index (χ1v) is 10.5. The molecule has 1 saturated carbocycles. The molecule has 0 aromatic heterocycles. The smallest absolute Gasteiger partial charge is 0.257 e. The number of benzene rings is 2. The van der Waals surface area contributed by atoms with Crippen LogP contribution in [0, 0.1) is 5.92 Å². The number of nitrogens with zero attached hydrogens (tertiary/aromatic N) is 2. The molecule has 0 spiro atoms. The lowest BCUT2D eigenvalue weighted by Crippen LogP contribution is -2.51. The van der Waals surface area contributed by atoms with E-state index in [0.29, 0.717) is 43.2 Å². The quantitative estimate of drug-likeness (QED) is 0.732. The molecule has 2 aromatic carbocycles. The van der Waals surface area contributed by atoms with Crippen LogP contribution in [0.2, 0.25) is 5.02 Å². The first-order chi connectivity index (χ1) is 14.5. The number of carbonyl (C=O) groups is 2. The van der Waals surface area contributed by atoms with Gasteiger partial charge in [0.05, 0.1) is 19.8 Å². The second-order valence-electron chi connectivity index (χ2n) is 7.65. The van der Waals surface area contributed by atoms with Crippen molar-refractivity contribution in [1.82, 2.24) is 9.80 Å². The largest absolute Gasteiger partial charge is 0.497 e. The minimum atomic E-state index is -0.0954. The summed E-state index contributed by atoms with van der Waals surface area (Å²) in [7, 11) is 3.11. The highest BCUT2D eigenvalue weighted by atomic mass is 35.5. The molecule has 2 aliphatic rings. The fourth-order valence-electron chi connectivity index (χ4n) is 4.10. The molecular formula is C23H25ClN2O4. The molecule has 30 heavy (non-hydrogen) atoms. The van der Waals surface area contributed by atoms with Gasteiger partial charge in [-0.25, -0.2) is 0 Å². The lowest BCUT2D eigenvalue weighted by molar-refractivity contribution is -0.134. The zero-order valence-corrected chi connectivity index (χ0v) is 17.9. The molecule has 6 nitrogen and oxygen atoms in total. The molecular weight excluding hydrogens is 404 g/mol. The monoisotopic (exact) mass is 428 g/mol. The van der Waals surface area contributed by atoms with Crippen LogP contribution in [-0.2, 0) is 4.79 Å². The summed E-state index contributed by atoms with van der Waals surface area (Å²) in [6, 6.07) is 12.9. The number of methoxy groups -OCH3 is 2. The van der Waals surface area contributed by atoms with Crippen LogP contribution in [0.25, 0.3) is 0 Å². The fourth-order valence-corrected chi connectivity index (χ4v) is 4.37. The van der Waals surface area contributed by atoms with Crippen molar-refractivity contribution in [3.63, 3.8) is 0 Å². The molecule has 4 rings (SSSR count). The minimum Gasteiger partial charge on any atom is -0.497 e. The molecule has 7 heteroatoms. The summed E-state index contributed by atoms with van der Waals surface area (Å²) < 4.78 is 10.6. The Morgan fingerprint density at radius 2 is 1.67 bits per heavy atom. The molecule has 2 amide bonds. The van der Waals surface area contributed by atoms with Crippen molar-refractivity contribution < 1.29 is 19.1 Å². The highest BCUT2D eigenvalue weighted by Crippen LogP contribution is 2.50. The van der Waals surface area contributed by atoms with Gasteiger partial charge in [-0.3, -0.25) is 9.59 Å². The van der Waals surface area contributed by atoms with Crippen molar-refractivity contribution in [1.29, 1.82) is 0 Å². The highest BCUT2D eigenvalue weighted by Gasteiger charge is 2.47. The molecule has 2 fully saturated rings. The first kappa shape index (κ1) is 20.5. The van der Waals surface area contributed by atoms with E-state index in [4.69, 9.17) is 21.1 Å². The summed E-state index contributed by atoms with van der Waals surface area (Å²) in [4.78, 5) is 29.5. The van der Waals surface area contributed by atoms with Crippen LogP contribution in [-0.4, -0.2) is 62.0 Å². The van der Waals surface area contributed by atoms with E-state index in [-0.39, 0.29) is 23.7 Å². The zero-order chi connectivity index (χ0) is 21.3. The van der Waals surface area contributed by atoms with Crippen LogP contribution in [0.3, 0.4) is 0 Å². The van der Waals surface area contributed by atoms with Gasteiger partial charge >= 0.3 is 0 Å². The third-order valence-electron chi connectivity index (χ3n) is 5.93. The van der Waals surface area contributed by atoms with Crippen molar-refractivity contribution >= 4 is 23.4 Å². The van der Waals surface area contributed by atoms with Gasteiger partial charge in [0.15, 0.2) is 0 Å². The van der Waals surface area contributed by atoms with Crippen molar-refractivity contribution in [2.45, 2.75) is 12.3 Å². The summed E-state index contributed by atoms with van der Waals surface area (Å²) in [5.74, 6) is 1.38.